The van der Waals surface area contributed by atoms with Crippen LogP contribution < -0.4 is 11.5 Å². The molecule has 0 saturated heterocycles. The number of carbonyl (C=O) groups is 2. The van der Waals surface area contributed by atoms with Crippen LogP contribution in [0.5, 0.6) is 0 Å². The molecule has 100 valence electrons. The van der Waals surface area contributed by atoms with Crippen molar-refractivity contribution in [3.63, 3.8) is 0 Å². The Morgan fingerprint density at radius 1 is 1.39 bits per heavy atom. The van der Waals surface area contributed by atoms with Crippen molar-refractivity contribution in [1.82, 2.24) is 4.98 Å². The first kappa shape index (κ1) is 14.2. The number of hydrogen-bond acceptors (Lipinski definition) is 4. The van der Waals surface area contributed by atoms with Crippen LogP contribution in [0.1, 0.15) is 46.7 Å². The molecule has 0 aliphatic rings. The number of esters is 1. The Labute approximate surface area is 106 Å². The first-order valence-electron chi connectivity index (χ1n) is 5.78. The van der Waals surface area contributed by atoms with Crippen LogP contribution in [0.25, 0.3) is 0 Å². The molecule has 0 aliphatic heterocycles. The van der Waals surface area contributed by atoms with Crippen LogP contribution in [-0.2, 0) is 9.53 Å². The Balaban J connectivity index is 3.07. The number of aryl methyl sites for hydroxylation is 1. The van der Waals surface area contributed by atoms with E-state index in [1.165, 1.54) is 0 Å². The minimum Gasteiger partial charge on any atom is -0.461 e. The van der Waals surface area contributed by atoms with Gasteiger partial charge in [-0.3, -0.25) is 4.79 Å². The van der Waals surface area contributed by atoms with E-state index in [0.717, 1.165) is 11.3 Å². The topological polar surface area (TPSA) is 111 Å². The zero-order chi connectivity index (χ0) is 13.9. The zero-order valence-corrected chi connectivity index (χ0v) is 10.9. The van der Waals surface area contributed by atoms with E-state index in [-0.39, 0.29) is 6.42 Å². The van der Waals surface area contributed by atoms with Crippen molar-refractivity contribution in [2.45, 2.75) is 33.2 Å². The smallest absolute Gasteiger partial charge is 0.355 e. The second-order valence-corrected chi connectivity index (χ2v) is 4.16. The number of nitrogens with two attached hydrogens (primary N) is 2. The molecule has 0 aromatic carbocycles. The van der Waals surface area contributed by atoms with Gasteiger partial charge < -0.3 is 21.2 Å². The van der Waals surface area contributed by atoms with Crippen molar-refractivity contribution < 1.29 is 14.3 Å². The van der Waals surface area contributed by atoms with Gasteiger partial charge in [-0.25, -0.2) is 4.79 Å². The van der Waals surface area contributed by atoms with Crippen LogP contribution in [-0.4, -0.2) is 23.5 Å². The molecule has 6 heteroatoms. The minimum atomic E-state index is -0.512. The van der Waals surface area contributed by atoms with Crippen LogP contribution >= 0.6 is 0 Å². The van der Waals surface area contributed by atoms with Gasteiger partial charge in [0.05, 0.1) is 6.61 Å². The van der Waals surface area contributed by atoms with E-state index in [9.17, 15) is 9.59 Å². The average Bonchev–Trinajstić information content (AvgIpc) is 2.53. The van der Waals surface area contributed by atoms with Gasteiger partial charge in [-0.15, -0.1) is 0 Å². The second kappa shape index (κ2) is 5.68. The molecule has 0 radical (unpaired) electrons. The van der Waals surface area contributed by atoms with Gasteiger partial charge in [-0.05, 0) is 31.9 Å². The fourth-order valence-electron chi connectivity index (χ4n) is 2.05. The third-order valence-electron chi connectivity index (χ3n) is 2.77. The van der Waals surface area contributed by atoms with E-state index in [2.05, 4.69) is 4.98 Å². The zero-order valence-electron chi connectivity index (χ0n) is 10.9. The summed E-state index contributed by atoms with van der Waals surface area (Å²) in [6.07, 6.45) is 0.0435. The molecule has 0 saturated carbocycles. The maximum Gasteiger partial charge on any atom is 0.355 e. The molecule has 1 rings (SSSR count). The number of amides is 1. The van der Waals surface area contributed by atoms with Crippen LogP contribution in [0, 0.1) is 13.8 Å². The molecule has 1 aromatic rings. The molecular weight excluding hydrogens is 234 g/mol. The Hall–Kier alpha value is -1.82. The van der Waals surface area contributed by atoms with Gasteiger partial charge in [0.2, 0.25) is 5.91 Å². The van der Waals surface area contributed by atoms with Crippen molar-refractivity contribution in [1.29, 1.82) is 0 Å². The molecule has 0 fully saturated rings. The van der Waals surface area contributed by atoms with Crippen LogP contribution in [0.15, 0.2) is 0 Å². The lowest BCUT2D eigenvalue weighted by molar-refractivity contribution is -0.118. The number of primary amides is 1. The summed E-state index contributed by atoms with van der Waals surface area (Å²) in [6, 6.07) is -0.512. The van der Waals surface area contributed by atoms with E-state index >= 15 is 0 Å². The second-order valence-electron chi connectivity index (χ2n) is 4.16. The molecule has 1 heterocycles. The first-order chi connectivity index (χ1) is 8.38. The maximum atomic E-state index is 11.7. The summed E-state index contributed by atoms with van der Waals surface area (Å²) in [6.45, 7) is 5.61. The summed E-state index contributed by atoms with van der Waals surface area (Å²) in [7, 11) is 0. The number of ether oxygens (including phenoxy) is 1. The molecule has 0 spiro atoms. The number of hydrogen-bond donors (Lipinski definition) is 3. The monoisotopic (exact) mass is 253 g/mol. The lowest BCUT2D eigenvalue weighted by atomic mass is 10.00. The lowest BCUT2D eigenvalue weighted by Gasteiger charge is -2.10. The van der Waals surface area contributed by atoms with Gasteiger partial charge in [-0.2, -0.15) is 0 Å². The normalized spacial score (nSPS) is 12.2. The quantitative estimate of drug-likeness (QED) is 0.670. The molecule has 18 heavy (non-hydrogen) atoms. The summed E-state index contributed by atoms with van der Waals surface area (Å²) >= 11 is 0. The van der Waals surface area contributed by atoms with Crippen molar-refractivity contribution in [2.24, 2.45) is 11.5 Å². The number of carbonyl (C=O) groups excluding carboxylic acids is 2. The summed E-state index contributed by atoms with van der Waals surface area (Å²) in [5, 5.41) is 0. The Morgan fingerprint density at radius 3 is 2.50 bits per heavy atom. The lowest BCUT2D eigenvalue weighted by Crippen LogP contribution is -2.21. The molecule has 0 bridgehead atoms. The van der Waals surface area contributed by atoms with E-state index in [0.29, 0.717) is 17.9 Å². The highest BCUT2D eigenvalue weighted by molar-refractivity contribution is 5.90. The predicted octanol–water partition coefficient (Wildman–Crippen LogP) is 0.683. The molecular formula is C12H19N3O3. The molecule has 6 nitrogen and oxygen atoms in total. The van der Waals surface area contributed by atoms with E-state index in [1.54, 1.807) is 20.8 Å². The number of rotatable bonds is 5. The van der Waals surface area contributed by atoms with Gasteiger partial charge in [0.25, 0.3) is 0 Å². The molecule has 5 N–H and O–H groups in total. The summed E-state index contributed by atoms with van der Waals surface area (Å²) in [5.41, 5.74) is 13.6. The first-order valence-corrected chi connectivity index (χ1v) is 5.78. The van der Waals surface area contributed by atoms with Crippen molar-refractivity contribution >= 4 is 11.9 Å². The largest absolute Gasteiger partial charge is 0.461 e. The van der Waals surface area contributed by atoms with E-state index < -0.39 is 17.9 Å². The molecule has 1 aromatic heterocycles. The molecule has 0 aliphatic carbocycles. The summed E-state index contributed by atoms with van der Waals surface area (Å²) < 4.78 is 4.94. The average molecular weight is 253 g/mol. The number of nitrogens with one attached hydrogen (secondary N) is 1. The SMILES string of the molecule is CCOC(=O)c1[nH]c(C)c(C(N)CC(N)=O)c1C. The van der Waals surface area contributed by atoms with E-state index in [1.807, 2.05) is 0 Å². The summed E-state index contributed by atoms with van der Waals surface area (Å²) in [4.78, 5) is 25.5. The highest BCUT2D eigenvalue weighted by Crippen LogP contribution is 2.25. The van der Waals surface area contributed by atoms with Crippen LogP contribution in [0.2, 0.25) is 0 Å². The van der Waals surface area contributed by atoms with Gasteiger partial charge in [0.15, 0.2) is 0 Å². The fraction of sp³-hybridized carbons (Fsp3) is 0.500. The van der Waals surface area contributed by atoms with Gasteiger partial charge in [0.1, 0.15) is 5.69 Å². The summed E-state index contributed by atoms with van der Waals surface area (Å²) in [5.74, 6) is -0.893. The van der Waals surface area contributed by atoms with E-state index in [4.69, 9.17) is 16.2 Å². The molecule has 1 amide bonds. The number of aromatic nitrogens is 1. The van der Waals surface area contributed by atoms with Gasteiger partial charge in [-0.1, -0.05) is 0 Å². The number of aromatic amines is 1. The maximum absolute atomic E-state index is 11.7. The minimum absolute atomic E-state index is 0.0435. The van der Waals surface area contributed by atoms with Crippen molar-refractivity contribution in [2.75, 3.05) is 6.61 Å². The number of H-pyrrole nitrogens is 1. The third kappa shape index (κ3) is 2.89. The van der Waals surface area contributed by atoms with Crippen LogP contribution in [0.4, 0.5) is 0 Å². The van der Waals surface area contributed by atoms with Gasteiger partial charge in [0, 0.05) is 18.2 Å². The Morgan fingerprint density at radius 2 is 2.00 bits per heavy atom. The Kier molecular flexibility index (Phi) is 4.49. The fourth-order valence-corrected chi connectivity index (χ4v) is 2.05. The highest BCUT2D eigenvalue weighted by Gasteiger charge is 2.22. The van der Waals surface area contributed by atoms with Gasteiger partial charge >= 0.3 is 5.97 Å². The Bertz CT molecular complexity index is 465. The van der Waals surface area contributed by atoms with Crippen molar-refractivity contribution in [3.05, 3.63) is 22.5 Å². The van der Waals surface area contributed by atoms with Crippen molar-refractivity contribution in [3.8, 4) is 0 Å². The third-order valence-corrected chi connectivity index (χ3v) is 2.77. The standard InChI is InChI=1S/C12H19N3O3/c1-4-18-12(17)11-6(2)10(7(3)15-11)8(13)5-9(14)16/h8,15H,4-5,13H2,1-3H3,(H2,14,16). The highest BCUT2D eigenvalue weighted by atomic mass is 16.5. The molecule has 1 atom stereocenters. The predicted molar refractivity (Wildman–Crippen MR) is 67.0 cm³/mol. The molecule has 1 unspecified atom stereocenters. The van der Waals surface area contributed by atoms with Crippen LogP contribution in [0.3, 0.4) is 0 Å².